The molecule has 1 saturated heterocycles. The third kappa shape index (κ3) is 4.86. The number of nitrogens with zero attached hydrogens (tertiary/aromatic N) is 7. The predicted molar refractivity (Wildman–Crippen MR) is 139 cm³/mol. The highest BCUT2D eigenvalue weighted by molar-refractivity contribution is 6.36. The van der Waals surface area contributed by atoms with E-state index in [1.165, 1.54) is 10.7 Å². The van der Waals surface area contributed by atoms with Crippen LogP contribution in [0.1, 0.15) is 49.8 Å². The van der Waals surface area contributed by atoms with E-state index in [0.717, 1.165) is 57.3 Å². The van der Waals surface area contributed by atoms with Crippen LogP contribution in [0.2, 0.25) is 5.02 Å². The molecule has 2 aliphatic carbocycles. The molecule has 4 N–H and O–H groups in total. The number of benzene rings is 1. The lowest BCUT2D eigenvalue weighted by atomic mass is 9.88. The summed E-state index contributed by atoms with van der Waals surface area (Å²) < 4.78 is 1.46. The fourth-order valence-electron chi connectivity index (χ4n) is 4.99. The van der Waals surface area contributed by atoms with Crippen LogP contribution in [0.4, 0.5) is 23.1 Å². The lowest BCUT2D eigenvalue weighted by molar-refractivity contribution is 0.0562. The maximum absolute atomic E-state index is 9.71. The Hall–Kier alpha value is -3.64. The summed E-state index contributed by atoms with van der Waals surface area (Å²) >= 11 is 6.88. The molecule has 3 aromatic rings. The molecular formula is C25H27ClN10O. The number of rotatable bonds is 7. The number of nitriles is 2. The van der Waals surface area contributed by atoms with Gasteiger partial charge in [-0.15, -0.1) is 5.10 Å². The van der Waals surface area contributed by atoms with Crippen molar-refractivity contribution in [2.45, 2.75) is 62.8 Å². The average molecular weight is 519 g/mol. The van der Waals surface area contributed by atoms with E-state index in [1.807, 2.05) is 6.07 Å². The highest BCUT2D eigenvalue weighted by atomic mass is 35.5. The van der Waals surface area contributed by atoms with Gasteiger partial charge >= 0.3 is 0 Å². The van der Waals surface area contributed by atoms with E-state index in [2.05, 4.69) is 48.1 Å². The summed E-state index contributed by atoms with van der Waals surface area (Å²) in [6.07, 6.45) is 6.97. The predicted octanol–water partition coefficient (Wildman–Crippen LogP) is 2.92. The summed E-state index contributed by atoms with van der Waals surface area (Å²) in [4.78, 5) is 11.1. The van der Waals surface area contributed by atoms with Gasteiger partial charge in [-0.25, -0.2) is 4.98 Å². The minimum Gasteiger partial charge on any atom is -0.393 e. The molecule has 0 atom stereocenters. The molecular weight excluding hydrogens is 492 g/mol. The molecule has 3 heterocycles. The van der Waals surface area contributed by atoms with Crippen LogP contribution in [0.25, 0.3) is 5.65 Å². The number of halogens is 1. The third-order valence-electron chi connectivity index (χ3n) is 7.24. The Balaban J connectivity index is 1.25. The number of fused-ring (bicyclic) bond motifs is 1. The normalized spacial score (nSPS) is 21.8. The minimum atomic E-state index is -0.165. The highest BCUT2D eigenvalue weighted by Crippen LogP contribution is 2.37. The lowest BCUT2D eigenvalue weighted by Gasteiger charge is -2.40. The molecule has 2 aromatic heterocycles. The van der Waals surface area contributed by atoms with Gasteiger partial charge in [0.05, 0.1) is 40.3 Å². The maximum Gasteiger partial charge on any atom is 0.247 e. The molecule has 2 saturated carbocycles. The van der Waals surface area contributed by atoms with Crippen LogP contribution in [-0.2, 0) is 0 Å². The summed E-state index contributed by atoms with van der Waals surface area (Å²) in [6, 6.07) is 8.98. The van der Waals surface area contributed by atoms with Crippen molar-refractivity contribution < 1.29 is 5.11 Å². The Bertz CT molecular complexity index is 1410. The molecule has 0 radical (unpaired) electrons. The second kappa shape index (κ2) is 9.67. The molecule has 3 aliphatic rings. The van der Waals surface area contributed by atoms with Crippen molar-refractivity contribution in [3.05, 3.63) is 34.6 Å². The number of hydrogen-bond donors (Lipinski definition) is 4. The zero-order chi connectivity index (χ0) is 25.5. The summed E-state index contributed by atoms with van der Waals surface area (Å²) in [5, 5.41) is 43.9. The standard InChI is InChI=1S/C25H27ClN10O/c26-22-20(32-25-33-23(31-15-1-2-15)24-29-13-18(12-28)36(24)34-25)7-14(11-27)8-21(22)35-5-3-16(4-6-35)30-17-9-19(37)10-17/h7-8,13,15-17,19,30,37H,1-6,9-10H2,(H2,31,32,33,34). The maximum atomic E-state index is 9.71. The van der Waals surface area contributed by atoms with Crippen molar-refractivity contribution in [3.63, 3.8) is 0 Å². The number of piperidine rings is 1. The summed E-state index contributed by atoms with van der Waals surface area (Å²) in [6.45, 7) is 1.61. The van der Waals surface area contributed by atoms with Crippen molar-refractivity contribution in [1.29, 1.82) is 10.5 Å². The van der Waals surface area contributed by atoms with Crippen LogP contribution >= 0.6 is 11.6 Å². The van der Waals surface area contributed by atoms with E-state index in [1.54, 1.807) is 6.07 Å². The molecule has 0 spiro atoms. The quantitative estimate of drug-likeness (QED) is 0.367. The van der Waals surface area contributed by atoms with Crippen molar-refractivity contribution >= 4 is 40.4 Å². The first-order valence-electron chi connectivity index (χ1n) is 12.6. The van der Waals surface area contributed by atoms with Crippen LogP contribution in [-0.4, -0.2) is 62.0 Å². The minimum absolute atomic E-state index is 0.165. The topological polar surface area (TPSA) is 150 Å². The van der Waals surface area contributed by atoms with E-state index in [0.29, 0.717) is 51.6 Å². The van der Waals surface area contributed by atoms with Crippen LogP contribution in [0.15, 0.2) is 18.3 Å². The Morgan fingerprint density at radius 2 is 1.81 bits per heavy atom. The highest BCUT2D eigenvalue weighted by Gasteiger charge is 2.31. The fourth-order valence-corrected chi connectivity index (χ4v) is 5.26. The van der Waals surface area contributed by atoms with E-state index in [-0.39, 0.29) is 12.1 Å². The van der Waals surface area contributed by atoms with Gasteiger partial charge in [-0.3, -0.25) is 0 Å². The van der Waals surface area contributed by atoms with Crippen molar-refractivity contribution in [2.75, 3.05) is 28.6 Å². The first kappa shape index (κ1) is 23.7. The van der Waals surface area contributed by atoms with Crippen molar-refractivity contribution in [2.24, 2.45) is 0 Å². The molecule has 6 rings (SSSR count). The van der Waals surface area contributed by atoms with Crippen molar-refractivity contribution in [3.8, 4) is 12.1 Å². The zero-order valence-corrected chi connectivity index (χ0v) is 20.9. The van der Waals surface area contributed by atoms with Gasteiger partial charge in [-0.2, -0.15) is 20.0 Å². The van der Waals surface area contributed by atoms with Gasteiger partial charge in [0, 0.05) is 31.2 Å². The smallest absolute Gasteiger partial charge is 0.247 e. The zero-order valence-electron chi connectivity index (χ0n) is 20.2. The first-order chi connectivity index (χ1) is 18.0. The SMILES string of the molecule is N#Cc1cc(Nc2nc(NC3CC3)c3ncc(C#N)n3n2)c(Cl)c(N2CCC(NC3CC(O)C3)CC2)c1. The van der Waals surface area contributed by atoms with Crippen molar-refractivity contribution in [1.82, 2.24) is 24.9 Å². The molecule has 0 unspecified atom stereocenters. The number of anilines is 4. The molecule has 0 bridgehead atoms. The lowest BCUT2D eigenvalue weighted by Crippen LogP contribution is -2.52. The molecule has 11 nitrogen and oxygen atoms in total. The summed E-state index contributed by atoms with van der Waals surface area (Å²) in [5.41, 5.74) is 2.57. The van der Waals surface area contributed by atoms with E-state index in [9.17, 15) is 15.6 Å². The Kier molecular flexibility index (Phi) is 6.21. The van der Waals surface area contributed by atoms with E-state index < -0.39 is 0 Å². The summed E-state index contributed by atoms with van der Waals surface area (Å²) in [5.74, 6) is 0.793. The van der Waals surface area contributed by atoms with Gasteiger partial charge in [0.2, 0.25) is 5.95 Å². The van der Waals surface area contributed by atoms with Gasteiger partial charge in [0.15, 0.2) is 17.2 Å². The first-order valence-corrected chi connectivity index (χ1v) is 13.0. The summed E-state index contributed by atoms with van der Waals surface area (Å²) in [7, 11) is 0. The Morgan fingerprint density at radius 3 is 2.49 bits per heavy atom. The molecule has 12 heteroatoms. The number of imidazole rings is 1. The number of aliphatic hydroxyl groups excluding tert-OH is 1. The van der Waals surface area contributed by atoms with E-state index in [4.69, 9.17) is 11.6 Å². The van der Waals surface area contributed by atoms with Gasteiger partial charge in [0.25, 0.3) is 0 Å². The fraction of sp³-hybridized carbons (Fsp3) is 0.480. The third-order valence-corrected chi connectivity index (χ3v) is 7.64. The van der Waals surface area contributed by atoms with Gasteiger partial charge in [-0.1, -0.05) is 11.6 Å². The van der Waals surface area contributed by atoms with Gasteiger partial charge in [0.1, 0.15) is 6.07 Å². The number of aromatic nitrogens is 4. The second-order valence-corrected chi connectivity index (χ2v) is 10.4. The number of hydrogen-bond acceptors (Lipinski definition) is 10. The van der Waals surface area contributed by atoms with Crippen LogP contribution in [0.5, 0.6) is 0 Å². The van der Waals surface area contributed by atoms with Gasteiger partial charge < -0.3 is 26.0 Å². The van der Waals surface area contributed by atoms with Crippen LogP contribution in [0, 0.1) is 22.7 Å². The van der Waals surface area contributed by atoms with E-state index >= 15 is 0 Å². The number of aliphatic hydroxyl groups is 1. The monoisotopic (exact) mass is 518 g/mol. The second-order valence-electron chi connectivity index (χ2n) is 10.0. The molecule has 1 aromatic carbocycles. The largest absolute Gasteiger partial charge is 0.393 e. The Morgan fingerprint density at radius 1 is 1.03 bits per heavy atom. The van der Waals surface area contributed by atoms with Crippen LogP contribution in [0.3, 0.4) is 0 Å². The van der Waals surface area contributed by atoms with Crippen LogP contribution < -0.4 is 20.9 Å². The molecule has 3 fully saturated rings. The average Bonchev–Trinajstić information content (AvgIpc) is 3.60. The van der Waals surface area contributed by atoms with Gasteiger partial charge in [-0.05, 0) is 50.7 Å². The molecule has 0 amide bonds. The molecule has 190 valence electrons. The number of nitrogens with one attached hydrogen (secondary N) is 3. The Labute approximate surface area is 219 Å². The molecule has 1 aliphatic heterocycles. The molecule has 37 heavy (non-hydrogen) atoms.